The van der Waals surface area contributed by atoms with E-state index in [0.29, 0.717) is 0 Å². The summed E-state index contributed by atoms with van der Waals surface area (Å²) in [6.45, 7) is 1.49. The van der Waals surface area contributed by atoms with E-state index in [-0.39, 0.29) is 5.91 Å². The van der Waals surface area contributed by atoms with Crippen molar-refractivity contribution in [1.82, 2.24) is 9.38 Å². The van der Waals surface area contributed by atoms with Crippen LogP contribution in [0.4, 0.5) is 11.4 Å². The van der Waals surface area contributed by atoms with Crippen LogP contribution in [-0.4, -0.2) is 21.5 Å². The maximum atomic E-state index is 11.1. The maximum absolute atomic E-state index is 11.1. The van der Waals surface area contributed by atoms with E-state index >= 15 is 0 Å². The van der Waals surface area contributed by atoms with Crippen molar-refractivity contribution in [2.24, 2.45) is 4.99 Å². The molecule has 0 spiro atoms. The molecule has 132 valence electrons. The van der Waals surface area contributed by atoms with Gasteiger partial charge in [0.05, 0.1) is 17.4 Å². The first-order valence-electron chi connectivity index (χ1n) is 8.65. The third-order valence-corrected chi connectivity index (χ3v) is 4.13. The molecule has 0 aliphatic rings. The van der Waals surface area contributed by atoms with Crippen LogP contribution in [0.15, 0.2) is 84.0 Å². The highest BCUT2D eigenvalue weighted by atomic mass is 16.1. The minimum absolute atomic E-state index is 0.0934. The Balaban J connectivity index is 1.68. The normalized spacial score (nSPS) is 11.1. The van der Waals surface area contributed by atoms with Gasteiger partial charge in [-0.2, -0.15) is 0 Å². The Kier molecular flexibility index (Phi) is 4.49. The van der Waals surface area contributed by atoms with Crippen molar-refractivity contribution in [1.29, 1.82) is 0 Å². The Morgan fingerprint density at radius 3 is 2.48 bits per heavy atom. The molecular formula is C22H18N4O. The molecule has 0 aliphatic heterocycles. The summed E-state index contributed by atoms with van der Waals surface area (Å²) in [7, 11) is 0. The third kappa shape index (κ3) is 3.62. The van der Waals surface area contributed by atoms with E-state index in [1.54, 1.807) is 6.21 Å². The van der Waals surface area contributed by atoms with E-state index in [1.807, 2.05) is 79.0 Å². The van der Waals surface area contributed by atoms with Crippen molar-refractivity contribution in [3.63, 3.8) is 0 Å². The topological polar surface area (TPSA) is 58.8 Å². The van der Waals surface area contributed by atoms with Crippen LogP contribution in [0.5, 0.6) is 0 Å². The number of imidazole rings is 1. The van der Waals surface area contributed by atoms with Gasteiger partial charge >= 0.3 is 0 Å². The molecule has 1 amide bonds. The molecule has 0 bridgehead atoms. The molecule has 2 aromatic carbocycles. The van der Waals surface area contributed by atoms with Gasteiger partial charge in [0, 0.05) is 24.4 Å². The van der Waals surface area contributed by atoms with Gasteiger partial charge in [0.25, 0.3) is 0 Å². The molecule has 2 heterocycles. The van der Waals surface area contributed by atoms with Crippen LogP contribution in [0, 0.1) is 0 Å². The van der Waals surface area contributed by atoms with Crippen LogP contribution < -0.4 is 5.32 Å². The Bertz CT molecular complexity index is 1110. The van der Waals surface area contributed by atoms with Gasteiger partial charge in [-0.25, -0.2) is 4.98 Å². The first-order chi connectivity index (χ1) is 13.2. The monoisotopic (exact) mass is 354 g/mol. The summed E-state index contributed by atoms with van der Waals surface area (Å²) in [6.07, 6.45) is 3.78. The quantitative estimate of drug-likeness (QED) is 0.540. The molecule has 1 N–H and O–H groups in total. The molecule has 0 aliphatic carbocycles. The van der Waals surface area contributed by atoms with Gasteiger partial charge in [0.15, 0.2) is 0 Å². The van der Waals surface area contributed by atoms with Crippen LogP contribution >= 0.6 is 0 Å². The largest absolute Gasteiger partial charge is 0.326 e. The van der Waals surface area contributed by atoms with Crippen molar-refractivity contribution >= 4 is 29.0 Å². The molecular weight excluding hydrogens is 336 g/mol. The highest BCUT2D eigenvalue weighted by Gasteiger charge is 2.10. The molecule has 27 heavy (non-hydrogen) atoms. The molecule has 4 rings (SSSR count). The lowest BCUT2D eigenvalue weighted by Crippen LogP contribution is -2.04. The van der Waals surface area contributed by atoms with Crippen LogP contribution in [0.2, 0.25) is 0 Å². The predicted molar refractivity (Wildman–Crippen MR) is 109 cm³/mol. The minimum Gasteiger partial charge on any atom is -0.326 e. The number of aromatic nitrogens is 2. The Hall–Kier alpha value is -3.73. The van der Waals surface area contributed by atoms with Gasteiger partial charge in [0.1, 0.15) is 11.5 Å². The van der Waals surface area contributed by atoms with Gasteiger partial charge in [-0.1, -0.05) is 36.4 Å². The van der Waals surface area contributed by atoms with Crippen LogP contribution in [0.3, 0.4) is 0 Å². The van der Waals surface area contributed by atoms with Gasteiger partial charge < -0.3 is 5.32 Å². The van der Waals surface area contributed by atoms with E-state index in [2.05, 4.69) is 14.7 Å². The average Bonchev–Trinajstić information content (AvgIpc) is 3.07. The van der Waals surface area contributed by atoms with Crippen molar-refractivity contribution in [2.75, 3.05) is 5.32 Å². The average molecular weight is 354 g/mol. The lowest BCUT2D eigenvalue weighted by Gasteiger charge is -2.01. The van der Waals surface area contributed by atoms with Gasteiger partial charge in [-0.3, -0.25) is 14.2 Å². The number of rotatable bonds is 4. The van der Waals surface area contributed by atoms with E-state index in [9.17, 15) is 4.79 Å². The summed E-state index contributed by atoms with van der Waals surface area (Å²) >= 11 is 0. The SMILES string of the molecule is CC(=O)Nc1ccc(N=Cc2nc(-c3ccccc3)n3ccccc23)cc1. The first-order valence-corrected chi connectivity index (χ1v) is 8.65. The highest BCUT2D eigenvalue weighted by Crippen LogP contribution is 2.22. The van der Waals surface area contributed by atoms with Crippen LogP contribution in [0.25, 0.3) is 16.9 Å². The number of aliphatic imine (C=N–C) groups is 1. The van der Waals surface area contributed by atoms with Crippen molar-refractivity contribution in [2.45, 2.75) is 6.92 Å². The van der Waals surface area contributed by atoms with Crippen molar-refractivity contribution in [3.8, 4) is 11.4 Å². The number of carbonyl (C=O) groups is 1. The van der Waals surface area contributed by atoms with Crippen molar-refractivity contribution in [3.05, 3.63) is 84.7 Å². The second-order valence-electron chi connectivity index (χ2n) is 6.13. The lowest BCUT2D eigenvalue weighted by molar-refractivity contribution is -0.114. The summed E-state index contributed by atoms with van der Waals surface area (Å²) < 4.78 is 2.07. The number of carbonyl (C=O) groups excluding carboxylic acids is 1. The minimum atomic E-state index is -0.0934. The lowest BCUT2D eigenvalue weighted by atomic mass is 10.2. The smallest absolute Gasteiger partial charge is 0.221 e. The predicted octanol–water partition coefficient (Wildman–Crippen LogP) is 4.71. The summed E-state index contributed by atoms with van der Waals surface area (Å²) in [6, 6.07) is 23.5. The number of amides is 1. The molecule has 0 unspecified atom stereocenters. The summed E-state index contributed by atoms with van der Waals surface area (Å²) in [4.78, 5) is 20.4. The summed E-state index contributed by atoms with van der Waals surface area (Å²) in [5, 5.41) is 2.74. The van der Waals surface area contributed by atoms with Gasteiger partial charge in [-0.15, -0.1) is 0 Å². The number of nitrogens with one attached hydrogen (secondary N) is 1. The first kappa shape index (κ1) is 16.7. The van der Waals surface area contributed by atoms with Gasteiger partial charge in [0.2, 0.25) is 5.91 Å². The zero-order valence-corrected chi connectivity index (χ0v) is 14.8. The standard InChI is InChI=1S/C22H18N4O/c1-16(27)24-19-12-10-18(11-13-19)23-15-20-21-9-5-6-14-26(21)22(25-20)17-7-3-2-4-8-17/h2-15H,1H3,(H,24,27). The van der Waals surface area contributed by atoms with Crippen LogP contribution in [-0.2, 0) is 4.79 Å². The molecule has 2 aromatic heterocycles. The molecule has 0 radical (unpaired) electrons. The maximum Gasteiger partial charge on any atom is 0.221 e. The second kappa shape index (κ2) is 7.25. The summed E-state index contributed by atoms with van der Waals surface area (Å²) in [5.41, 5.74) is 4.40. The molecule has 5 heteroatoms. The molecule has 4 aromatic rings. The van der Waals surface area contributed by atoms with Crippen molar-refractivity contribution < 1.29 is 4.79 Å². The van der Waals surface area contributed by atoms with E-state index < -0.39 is 0 Å². The number of hydrogen-bond acceptors (Lipinski definition) is 3. The molecule has 0 saturated carbocycles. The number of fused-ring (bicyclic) bond motifs is 1. The summed E-state index contributed by atoms with van der Waals surface area (Å²) in [5.74, 6) is 0.790. The molecule has 0 saturated heterocycles. The number of nitrogens with zero attached hydrogens (tertiary/aromatic N) is 3. The van der Waals surface area contributed by atoms with E-state index in [1.165, 1.54) is 6.92 Å². The number of benzene rings is 2. The molecule has 0 fully saturated rings. The second-order valence-corrected chi connectivity index (χ2v) is 6.13. The van der Waals surface area contributed by atoms with E-state index in [0.717, 1.165) is 34.0 Å². The van der Waals surface area contributed by atoms with Crippen LogP contribution in [0.1, 0.15) is 12.6 Å². The van der Waals surface area contributed by atoms with E-state index in [4.69, 9.17) is 4.98 Å². The number of anilines is 1. The Labute approximate surface area is 157 Å². The van der Waals surface area contributed by atoms with Gasteiger partial charge in [-0.05, 0) is 36.4 Å². The zero-order chi connectivity index (χ0) is 18.6. The molecule has 5 nitrogen and oxygen atoms in total. The molecule has 0 atom stereocenters. The fourth-order valence-corrected chi connectivity index (χ4v) is 2.92. The Morgan fingerprint density at radius 1 is 1.00 bits per heavy atom. The fourth-order valence-electron chi connectivity index (χ4n) is 2.92. The third-order valence-electron chi connectivity index (χ3n) is 4.13. The fraction of sp³-hybridized carbons (Fsp3) is 0.0455. The number of pyridine rings is 1. The zero-order valence-electron chi connectivity index (χ0n) is 14.8. The highest BCUT2D eigenvalue weighted by molar-refractivity contribution is 5.91. The number of hydrogen-bond donors (Lipinski definition) is 1. The Morgan fingerprint density at radius 2 is 1.74 bits per heavy atom.